The van der Waals surface area contributed by atoms with E-state index in [4.69, 9.17) is 9.47 Å². The Morgan fingerprint density at radius 1 is 1.15 bits per heavy atom. The van der Waals surface area contributed by atoms with E-state index in [-0.39, 0.29) is 25.5 Å². The summed E-state index contributed by atoms with van der Waals surface area (Å²) in [5, 5.41) is 0. The van der Waals surface area contributed by atoms with Gasteiger partial charge in [0.05, 0.1) is 6.61 Å². The van der Waals surface area contributed by atoms with Gasteiger partial charge in [0, 0.05) is 13.0 Å². The first-order valence-corrected chi connectivity index (χ1v) is 6.78. The van der Waals surface area contributed by atoms with Gasteiger partial charge in [-0.25, -0.2) is 4.79 Å². The number of carbonyl (C=O) groups excluding carboxylic acids is 3. The van der Waals surface area contributed by atoms with Crippen molar-refractivity contribution in [3.63, 3.8) is 0 Å². The highest BCUT2D eigenvalue weighted by Crippen LogP contribution is 2.10. The summed E-state index contributed by atoms with van der Waals surface area (Å²) >= 11 is 0. The van der Waals surface area contributed by atoms with Gasteiger partial charge in [0.15, 0.2) is 0 Å². The van der Waals surface area contributed by atoms with Gasteiger partial charge in [0.1, 0.15) is 17.9 Å². The van der Waals surface area contributed by atoms with Crippen LogP contribution in [0.15, 0.2) is 0 Å². The summed E-state index contributed by atoms with van der Waals surface area (Å²) in [6.07, 6.45) is 0.282. The SMILES string of the molecule is CCOC(=O)CN(CCCC(C)=O)C(=O)OC(C)(C)C. The van der Waals surface area contributed by atoms with Gasteiger partial charge in [0.25, 0.3) is 0 Å². The molecule has 0 aliphatic carbocycles. The summed E-state index contributed by atoms with van der Waals surface area (Å²) < 4.78 is 10.1. The third-order valence-electron chi connectivity index (χ3n) is 2.23. The number of hydrogen-bond donors (Lipinski definition) is 0. The molecule has 0 radical (unpaired) electrons. The molecule has 0 aliphatic rings. The van der Waals surface area contributed by atoms with Gasteiger partial charge >= 0.3 is 12.1 Å². The molecule has 6 heteroatoms. The highest BCUT2D eigenvalue weighted by Gasteiger charge is 2.24. The number of amides is 1. The van der Waals surface area contributed by atoms with E-state index in [1.54, 1.807) is 27.7 Å². The maximum atomic E-state index is 12.0. The lowest BCUT2D eigenvalue weighted by atomic mass is 10.2. The molecule has 0 aromatic carbocycles. The van der Waals surface area contributed by atoms with E-state index in [2.05, 4.69) is 0 Å². The van der Waals surface area contributed by atoms with Crippen LogP contribution in [0.4, 0.5) is 4.79 Å². The van der Waals surface area contributed by atoms with Crippen molar-refractivity contribution in [3.8, 4) is 0 Å². The monoisotopic (exact) mass is 287 g/mol. The summed E-state index contributed by atoms with van der Waals surface area (Å²) in [5.74, 6) is -0.438. The minimum absolute atomic E-state index is 0.0465. The molecule has 0 heterocycles. The molecule has 0 aromatic heterocycles. The molecule has 0 atom stereocenters. The average molecular weight is 287 g/mol. The Bertz CT molecular complexity index is 346. The van der Waals surface area contributed by atoms with Crippen LogP contribution in [-0.2, 0) is 19.1 Å². The van der Waals surface area contributed by atoms with Crippen LogP contribution in [0.25, 0.3) is 0 Å². The van der Waals surface area contributed by atoms with E-state index in [1.165, 1.54) is 11.8 Å². The lowest BCUT2D eigenvalue weighted by molar-refractivity contribution is -0.144. The quantitative estimate of drug-likeness (QED) is 0.671. The molecule has 0 bridgehead atoms. The standard InChI is InChI=1S/C14H25NO5/c1-6-19-12(17)10-15(9-7-8-11(2)16)13(18)20-14(3,4)5/h6-10H2,1-5H3. The first-order chi connectivity index (χ1) is 9.15. The van der Waals surface area contributed by atoms with Crippen molar-refractivity contribution in [2.45, 2.75) is 53.1 Å². The van der Waals surface area contributed by atoms with Crippen molar-refractivity contribution < 1.29 is 23.9 Å². The molecule has 20 heavy (non-hydrogen) atoms. The molecule has 0 rings (SSSR count). The third kappa shape index (κ3) is 9.35. The van der Waals surface area contributed by atoms with Crippen molar-refractivity contribution >= 4 is 17.8 Å². The number of ether oxygens (including phenoxy) is 2. The van der Waals surface area contributed by atoms with Crippen LogP contribution < -0.4 is 0 Å². The van der Waals surface area contributed by atoms with Crippen LogP contribution in [0.5, 0.6) is 0 Å². The first kappa shape index (κ1) is 18.4. The molecule has 0 unspecified atom stereocenters. The van der Waals surface area contributed by atoms with Gasteiger partial charge in [-0.1, -0.05) is 0 Å². The highest BCUT2D eigenvalue weighted by molar-refractivity contribution is 5.78. The van der Waals surface area contributed by atoms with Crippen molar-refractivity contribution in [1.82, 2.24) is 4.90 Å². The summed E-state index contributed by atoms with van der Waals surface area (Å²) in [4.78, 5) is 35.7. The number of rotatable bonds is 7. The predicted molar refractivity (Wildman–Crippen MR) is 74.4 cm³/mol. The molecular weight excluding hydrogens is 262 g/mol. The molecular formula is C14H25NO5. The topological polar surface area (TPSA) is 72.9 Å². The molecule has 0 N–H and O–H groups in total. The van der Waals surface area contributed by atoms with Gasteiger partial charge < -0.3 is 14.3 Å². The van der Waals surface area contributed by atoms with Crippen LogP contribution in [0, 0.1) is 0 Å². The van der Waals surface area contributed by atoms with Crippen molar-refractivity contribution in [2.24, 2.45) is 0 Å². The maximum absolute atomic E-state index is 12.0. The number of nitrogens with zero attached hydrogens (tertiary/aromatic N) is 1. The molecule has 0 fully saturated rings. The largest absolute Gasteiger partial charge is 0.465 e. The lowest BCUT2D eigenvalue weighted by Gasteiger charge is -2.26. The molecule has 0 spiro atoms. The second kappa shape index (κ2) is 8.55. The van der Waals surface area contributed by atoms with Crippen LogP contribution in [-0.4, -0.2) is 48.0 Å². The maximum Gasteiger partial charge on any atom is 0.410 e. The number of esters is 1. The summed E-state index contributed by atoms with van der Waals surface area (Å²) in [6, 6.07) is 0. The number of ketones is 1. The fourth-order valence-corrected chi connectivity index (χ4v) is 1.44. The Kier molecular flexibility index (Phi) is 7.87. The number of carbonyl (C=O) groups is 3. The van der Waals surface area contributed by atoms with E-state index in [0.717, 1.165) is 0 Å². The van der Waals surface area contributed by atoms with Crippen LogP contribution >= 0.6 is 0 Å². The highest BCUT2D eigenvalue weighted by atomic mass is 16.6. The molecule has 1 amide bonds. The fraction of sp³-hybridized carbons (Fsp3) is 0.786. The van der Waals surface area contributed by atoms with E-state index in [1.807, 2.05) is 0 Å². The minimum Gasteiger partial charge on any atom is -0.465 e. The van der Waals surface area contributed by atoms with E-state index >= 15 is 0 Å². The van der Waals surface area contributed by atoms with Crippen molar-refractivity contribution in [3.05, 3.63) is 0 Å². The number of Topliss-reactive ketones (excluding diaryl/α,β-unsaturated/α-hetero) is 1. The van der Waals surface area contributed by atoms with Crippen LogP contribution in [0.1, 0.15) is 47.5 Å². The summed E-state index contributed by atoms with van der Waals surface area (Å²) in [6.45, 7) is 8.83. The molecule has 116 valence electrons. The Labute approximate surface area is 120 Å². The molecule has 0 saturated carbocycles. The van der Waals surface area contributed by atoms with Gasteiger partial charge in [-0.05, 0) is 41.0 Å². The molecule has 0 saturated heterocycles. The van der Waals surface area contributed by atoms with Crippen molar-refractivity contribution in [1.29, 1.82) is 0 Å². The zero-order valence-corrected chi connectivity index (χ0v) is 13.0. The first-order valence-electron chi connectivity index (χ1n) is 6.78. The van der Waals surface area contributed by atoms with Gasteiger partial charge in [0.2, 0.25) is 0 Å². The summed E-state index contributed by atoms with van der Waals surface area (Å²) in [5.41, 5.74) is -0.634. The second-order valence-corrected chi connectivity index (χ2v) is 5.51. The minimum atomic E-state index is -0.634. The number of hydrogen-bond acceptors (Lipinski definition) is 5. The molecule has 0 aliphatic heterocycles. The molecule has 0 aromatic rings. The zero-order valence-electron chi connectivity index (χ0n) is 13.0. The van der Waals surface area contributed by atoms with Gasteiger partial charge in [-0.15, -0.1) is 0 Å². The van der Waals surface area contributed by atoms with Crippen LogP contribution in [0.3, 0.4) is 0 Å². The van der Waals surface area contributed by atoms with E-state index in [9.17, 15) is 14.4 Å². The normalized spacial score (nSPS) is 10.8. The fourth-order valence-electron chi connectivity index (χ4n) is 1.44. The predicted octanol–water partition coefficient (Wildman–Crippen LogP) is 2.16. The average Bonchev–Trinajstić information content (AvgIpc) is 2.25. The smallest absolute Gasteiger partial charge is 0.410 e. The second-order valence-electron chi connectivity index (χ2n) is 5.51. The Hall–Kier alpha value is -1.59. The van der Waals surface area contributed by atoms with Crippen molar-refractivity contribution in [2.75, 3.05) is 19.7 Å². The Balaban J connectivity index is 4.56. The van der Waals surface area contributed by atoms with E-state index < -0.39 is 17.7 Å². The Morgan fingerprint density at radius 2 is 1.75 bits per heavy atom. The lowest BCUT2D eigenvalue weighted by Crippen LogP contribution is -2.41. The van der Waals surface area contributed by atoms with Gasteiger partial charge in [-0.3, -0.25) is 9.69 Å². The van der Waals surface area contributed by atoms with Crippen LogP contribution in [0.2, 0.25) is 0 Å². The van der Waals surface area contributed by atoms with E-state index in [0.29, 0.717) is 12.8 Å². The Morgan fingerprint density at radius 3 is 2.20 bits per heavy atom. The molecule has 6 nitrogen and oxygen atoms in total. The van der Waals surface area contributed by atoms with Gasteiger partial charge in [-0.2, -0.15) is 0 Å². The third-order valence-corrected chi connectivity index (χ3v) is 2.23. The summed E-state index contributed by atoms with van der Waals surface area (Å²) in [7, 11) is 0. The zero-order chi connectivity index (χ0) is 15.8.